The maximum absolute atomic E-state index is 12.1. The van der Waals surface area contributed by atoms with E-state index in [0.717, 1.165) is 0 Å². The first-order valence-corrected chi connectivity index (χ1v) is 5.76. The molecule has 0 aromatic carbocycles. The number of aliphatic carboxylic acids is 1. The third-order valence-corrected chi connectivity index (χ3v) is 2.48. The van der Waals surface area contributed by atoms with Gasteiger partial charge in [0.15, 0.2) is 0 Å². The molecule has 0 saturated carbocycles. The molecule has 1 unspecified atom stereocenters. The van der Waals surface area contributed by atoms with Gasteiger partial charge in [0.05, 0.1) is 12.5 Å². The molecular weight excluding hydrogens is 236 g/mol. The molecule has 0 saturated heterocycles. The van der Waals surface area contributed by atoms with Crippen LogP contribution in [0.2, 0.25) is 0 Å². The fourth-order valence-electron chi connectivity index (χ4n) is 1.43. The lowest BCUT2D eigenvalue weighted by molar-refractivity contribution is -0.141. The molecule has 2 amide bonds. The Morgan fingerprint density at radius 3 is 2.56 bits per heavy atom. The number of carbonyl (C=O) groups excluding carboxylic acids is 1. The van der Waals surface area contributed by atoms with Crippen molar-refractivity contribution >= 4 is 12.0 Å². The zero-order chi connectivity index (χ0) is 14.1. The summed E-state index contributed by atoms with van der Waals surface area (Å²) in [4.78, 5) is 25.8. The Bertz CT molecular complexity index is 294. The molecule has 104 valence electrons. The molecular formula is C12H22N2O4. The van der Waals surface area contributed by atoms with Crippen molar-refractivity contribution in [3.05, 3.63) is 12.7 Å². The molecule has 0 rings (SSSR count). The Balaban J connectivity index is 4.44. The number of carboxylic acids is 1. The number of carbonyl (C=O) groups is 2. The van der Waals surface area contributed by atoms with E-state index in [-0.39, 0.29) is 12.6 Å². The van der Waals surface area contributed by atoms with E-state index in [1.54, 1.807) is 32.1 Å². The maximum Gasteiger partial charge on any atom is 0.320 e. The molecule has 0 radical (unpaired) electrons. The Labute approximate surface area is 108 Å². The first-order valence-electron chi connectivity index (χ1n) is 5.76. The van der Waals surface area contributed by atoms with Gasteiger partial charge >= 0.3 is 12.0 Å². The van der Waals surface area contributed by atoms with Gasteiger partial charge < -0.3 is 19.6 Å². The molecule has 0 bridgehead atoms. The molecule has 0 spiro atoms. The highest BCUT2D eigenvalue weighted by molar-refractivity contribution is 5.76. The van der Waals surface area contributed by atoms with E-state index in [1.807, 2.05) is 0 Å². The van der Waals surface area contributed by atoms with Gasteiger partial charge in [0.2, 0.25) is 0 Å². The largest absolute Gasteiger partial charge is 0.481 e. The highest BCUT2D eigenvalue weighted by Gasteiger charge is 2.21. The minimum atomic E-state index is -0.915. The fraction of sp³-hybridized carbons (Fsp3) is 0.667. The number of amides is 2. The van der Waals surface area contributed by atoms with Crippen LogP contribution in [0, 0.1) is 5.92 Å². The monoisotopic (exact) mass is 258 g/mol. The Kier molecular flexibility index (Phi) is 7.78. The van der Waals surface area contributed by atoms with Gasteiger partial charge in [-0.1, -0.05) is 13.0 Å². The molecule has 0 aliphatic heterocycles. The number of urea groups is 1. The summed E-state index contributed by atoms with van der Waals surface area (Å²) in [5.41, 5.74) is 0. The van der Waals surface area contributed by atoms with Gasteiger partial charge in [-0.25, -0.2) is 4.79 Å². The van der Waals surface area contributed by atoms with E-state index < -0.39 is 11.9 Å². The summed E-state index contributed by atoms with van der Waals surface area (Å²) in [5.74, 6) is -1.51. The summed E-state index contributed by atoms with van der Waals surface area (Å²) in [5, 5.41) is 8.81. The van der Waals surface area contributed by atoms with Crippen LogP contribution < -0.4 is 0 Å². The molecule has 0 aromatic rings. The summed E-state index contributed by atoms with van der Waals surface area (Å²) in [7, 11) is 3.15. The van der Waals surface area contributed by atoms with Gasteiger partial charge in [-0.3, -0.25) is 4.79 Å². The third-order valence-electron chi connectivity index (χ3n) is 2.48. The Morgan fingerprint density at radius 2 is 2.11 bits per heavy atom. The first kappa shape index (κ1) is 16.4. The van der Waals surface area contributed by atoms with E-state index >= 15 is 0 Å². The predicted octanol–water partition coefficient (Wildman–Crippen LogP) is 0.893. The van der Waals surface area contributed by atoms with Crippen LogP contribution in [0.3, 0.4) is 0 Å². The Morgan fingerprint density at radius 1 is 1.50 bits per heavy atom. The molecule has 0 aliphatic rings. The van der Waals surface area contributed by atoms with Gasteiger partial charge in [-0.15, -0.1) is 6.58 Å². The molecule has 6 nitrogen and oxygen atoms in total. The topological polar surface area (TPSA) is 70.1 Å². The van der Waals surface area contributed by atoms with Crippen molar-refractivity contribution in [1.29, 1.82) is 0 Å². The summed E-state index contributed by atoms with van der Waals surface area (Å²) in [6.45, 7) is 6.63. The highest BCUT2D eigenvalue weighted by atomic mass is 16.5. The van der Waals surface area contributed by atoms with Crippen molar-refractivity contribution in [2.24, 2.45) is 5.92 Å². The van der Waals surface area contributed by atoms with Crippen LogP contribution in [0.4, 0.5) is 4.79 Å². The molecule has 0 aliphatic carbocycles. The normalized spacial score (nSPS) is 11.7. The number of methoxy groups -OCH3 is 1. The quantitative estimate of drug-likeness (QED) is 0.656. The van der Waals surface area contributed by atoms with E-state index in [0.29, 0.717) is 19.7 Å². The lowest BCUT2D eigenvalue weighted by atomic mass is 10.2. The summed E-state index contributed by atoms with van der Waals surface area (Å²) in [6, 6.07) is -0.222. The minimum Gasteiger partial charge on any atom is -0.481 e. The fourth-order valence-corrected chi connectivity index (χ4v) is 1.43. The third kappa shape index (κ3) is 5.67. The number of hydrogen-bond acceptors (Lipinski definition) is 3. The van der Waals surface area contributed by atoms with Crippen molar-refractivity contribution in [3.63, 3.8) is 0 Å². The summed E-state index contributed by atoms with van der Waals surface area (Å²) in [6.07, 6.45) is 1.63. The maximum atomic E-state index is 12.1. The summed E-state index contributed by atoms with van der Waals surface area (Å²) >= 11 is 0. The lowest BCUT2D eigenvalue weighted by Gasteiger charge is -2.28. The SMILES string of the molecule is C=CCN(CCOC)C(=O)N(C)CC(C)C(=O)O. The molecule has 0 aromatic heterocycles. The predicted molar refractivity (Wildman–Crippen MR) is 68.5 cm³/mol. The van der Waals surface area contributed by atoms with Gasteiger partial charge in [0.1, 0.15) is 0 Å². The van der Waals surface area contributed by atoms with E-state index in [9.17, 15) is 9.59 Å². The molecule has 1 atom stereocenters. The van der Waals surface area contributed by atoms with Gasteiger partial charge in [0, 0.05) is 33.8 Å². The standard InChI is InChI=1S/C12H22N2O4/c1-5-6-14(7-8-18-4)12(17)13(3)9-10(2)11(15)16/h5,10H,1,6-9H2,2-4H3,(H,15,16). The van der Waals surface area contributed by atoms with Gasteiger partial charge in [0.25, 0.3) is 0 Å². The van der Waals surface area contributed by atoms with Crippen LogP contribution in [0.5, 0.6) is 0 Å². The average molecular weight is 258 g/mol. The van der Waals surface area contributed by atoms with Crippen molar-refractivity contribution in [2.45, 2.75) is 6.92 Å². The van der Waals surface area contributed by atoms with Gasteiger partial charge in [-0.05, 0) is 0 Å². The van der Waals surface area contributed by atoms with Crippen molar-refractivity contribution in [2.75, 3.05) is 40.4 Å². The van der Waals surface area contributed by atoms with Crippen LogP contribution in [0.1, 0.15) is 6.92 Å². The average Bonchev–Trinajstić information content (AvgIpc) is 2.33. The van der Waals surface area contributed by atoms with E-state index in [1.165, 1.54) is 4.90 Å². The number of nitrogens with zero attached hydrogens (tertiary/aromatic N) is 2. The van der Waals surface area contributed by atoms with Crippen LogP contribution in [0.25, 0.3) is 0 Å². The molecule has 6 heteroatoms. The number of rotatable bonds is 8. The second kappa shape index (κ2) is 8.52. The smallest absolute Gasteiger partial charge is 0.320 e. The van der Waals surface area contributed by atoms with Crippen LogP contribution in [-0.4, -0.2) is 67.3 Å². The van der Waals surface area contributed by atoms with Gasteiger partial charge in [-0.2, -0.15) is 0 Å². The molecule has 0 fully saturated rings. The molecule has 18 heavy (non-hydrogen) atoms. The van der Waals surface area contributed by atoms with Crippen molar-refractivity contribution in [3.8, 4) is 0 Å². The van der Waals surface area contributed by atoms with E-state index in [2.05, 4.69) is 6.58 Å². The lowest BCUT2D eigenvalue weighted by Crippen LogP contribution is -2.44. The molecule has 1 N–H and O–H groups in total. The zero-order valence-electron chi connectivity index (χ0n) is 11.3. The number of carboxylic acid groups (broad SMARTS) is 1. The molecule has 0 heterocycles. The highest BCUT2D eigenvalue weighted by Crippen LogP contribution is 2.03. The first-order chi connectivity index (χ1) is 8.43. The zero-order valence-corrected chi connectivity index (χ0v) is 11.3. The van der Waals surface area contributed by atoms with Crippen LogP contribution in [-0.2, 0) is 9.53 Å². The summed E-state index contributed by atoms with van der Waals surface area (Å²) < 4.78 is 4.93. The van der Waals surface area contributed by atoms with Crippen molar-refractivity contribution < 1.29 is 19.4 Å². The van der Waals surface area contributed by atoms with Crippen molar-refractivity contribution in [1.82, 2.24) is 9.80 Å². The van der Waals surface area contributed by atoms with E-state index in [4.69, 9.17) is 9.84 Å². The van der Waals surface area contributed by atoms with Crippen LogP contribution >= 0.6 is 0 Å². The second-order valence-electron chi connectivity index (χ2n) is 4.13. The number of hydrogen-bond donors (Lipinski definition) is 1. The minimum absolute atomic E-state index is 0.175. The van der Waals surface area contributed by atoms with Crippen LogP contribution in [0.15, 0.2) is 12.7 Å². The second-order valence-corrected chi connectivity index (χ2v) is 4.13. The Hall–Kier alpha value is -1.56. The number of ether oxygens (including phenoxy) is 1.